The molecule has 14 heavy (non-hydrogen) atoms. The lowest BCUT2D eigenvalue weighted by Crippen LogP contribution is -2.40. The van der Waals surface area contributed by atoms with Crippen molar-refractivity contribution in [3.63, 3.8) is 0 Å². The Morgan fingerprint density at radius 3 is 1.79 bits per heavy atom. The molecule has 0 aliphatic rings. The molecule has 0 spiro atoms. The van der Waals surface area contributed by atoms with Gasteiger partial charge in [-0.1, -0.05) is 6.92 Å². The minimum atomic E-state index is -0.993. The number of carbonyl (C=O) groups is 2. The average molecular weight is 200 g/mol. The molecule has 0 fully saturated rings. The van der Waals surface area contributed by atoms with E-state index in [-0.39, 0.29) is 5.78 Å². The fourth-order valence-electron chi connectivity index (χ4n) is 0.928. The minimum absolute atomic E-state index is 0.144. The maximum atomic E-state index is 11.7. The van der Waals surface area contributed by atoms with E-state index in [4.69, 9.17) is 4.74 Å². The van der Waals surface area contributed by atoms with Crippen molar-refractivity contribution in [1.82, 2.24) is 0 Å². The summed E-state index contributed by atoms with van der Waals surface area (Å²) >= 11 is 0. The zero-order chi connectivity index (χ0) is 11.6. The van der Waals surface area contributed by atoms with Crippen LogP contribution in [0, 0.1) is 5.41 Å². The molecule has 0 aliphatic carbocycles. The van der Waals surface area contributed by atoms with E-state index >= 15 is 0 Å². The van der Waals surface area contributed by atoms with Gasteiger partial charge in [0, 0.05) is 0 Å². The van der Waals surface area contributed by atoms with Crippen molar-refractivity contribution in [2.24, 2.45) is 5.41 Å². The van der Waals surface area contributed by atoms with Gasteiger partial charge in [0.25, 0.3) is 0 Å². The average Bonchev–Trinajstić information content (AvgIpc) is 1.99. The molecule has 0 aliphatic heterocycles. The highest BCUT2D eigenvalue weighted by Crippen LogP contribution is 2.26. The van der Waals surface area contributed by atoms with Crippen LogP contribution in [0.1, 0.15) is 48.0 Å². The van der Waals surface area contributed by atoms with Crippen LogP contribution in [0.5, 0.6) is 0 Å². The second-order valence-electron chi connectivity index (χ2n) is 4.74. The molecule has 0 saturated heterocycles. The molecule has 1 unspecified atom stereocenters. The number of rotatable bonds is 3. The summed E-state index contributed by atoms with van der Waals surface area (Å²) in [6.07, 6.45) is 0.469. The number of ketones is 1. The van der Waals surface area contributed by atoms with Crippen molar-refractivity contribution in [3.8, 4) is 0 Å². The topological polar surface area (TPSA) is 43.4 Å². The Labute approximate surface area is 85.8 Å². The molecule has 0 saturated carbocycles. The van der Waals surface area contributed by atoms with Gasteiger partial charge in [-0.25, -0.2) is 0 Å². The first-order valence-electron chi connectivity index (χ1n) is 4.88. The normalized spacial score (nSPS) is 15.9. The van der Waals surface area contributed by atoms with E-state index in [1.807, 2.05) is 6.92 Å². The zero-order valence-electron chi connectivity index (χ0n) is 9.93. The molecule has 3 nitrogen and oxygen atoms in total. The van der Waals surface area contributed by atoms with E-state index in [0.717, 1.165) is 0 Å². The van der Waals surface area contributed by atoms with Crippen LogP contribution in [0.3, 0.4) is 0 Å². The maximum Gasteiger partial charge on any atom is 0.319 e. The van der Waals surface area contributed by atoms with Crippen LogP contribution in [0.15, 0.2) is 0 Å². The fourth-order valence-corrected chi connectivity index (χ4v) is 0.928. The molecule has 82 valence electrons. The monoisotopic (exact) mass is 200 g/mol. The third-order valence-corrected chi connectivity index (χ3v) is 2.33. The third-order valence-electron chi connectivity index (χ3n) is 2.33. The first-order valence-corrected chi connectivity index (χ1v) is 4.88. The summed E-state index contributed by atoms with van der Waals surface area (Å²) in [5.41, 5.74) is -1.53. The van der Waals surface area contributed by atoms with Crippen LogP contribution in [0.2, 0.25) is 0 Å². The Hall–Kier alpha value is -0.860. The van der Waals surface area contributed by atoms with Crippen LogP contribution >= 0.6 is 0 Å². The first kappa shape index (κ1) is 13.1. The molecule has 1 atom stereocenters. The second-order valence-corrected chi connectivity index (χ2v) is 4.74. The summed E-state index contributed by atoms with van der Waals surface area (Å²) in [4.78, 5) is 23.0. The van der Waals surface area contributed by atoms with Crippen molar-refractivity contribution < 1.29 is 14.3 Å². The molecule has 3 heteroatoms. The van der Waals surface area contributed by atoms with E-state index in [9.17, 15) is 9.59 Å². The smallest absolute Gasteiger partial charge is 0.319 e. The summed E-state index contributed by atoms with van der Waals surface area (Å²) in [5.74, 6) is -0.575. The van der Waals surface area contributed by atoms with Gasteiger partial charge in [0.05, 0.1) is 0 Å². The van der Waals surface area contributed by atoms with Crippen molar-refractivity contribution in [1.29, 1.82) is 0 Å². The molecule has 0 radical (unpaired) electrons. The van der Waals surface area contributed by atoms with Crippen molar-refractivity contribution in [2.75, 3.05) is 0 Å². The Kier molecular flexibility index (Phi) is 3.86. The van der Waals surface area contributed by atoms with Crippen LogP contribution in [0.4, 0.5) is 0 Å². The van der Waals surface area contributed by atoms with Crippen molar-refractivity contribution in [2.45, 2.75) is 53.6 Å². The minimum Gasteiger partial charge on any atom is -0.459 e. The number of ether oxygens (including phenoxy) is 1. The highest BCUT2D eigenvalue weighted by molar-refractivity contribution is 6.02. The highest BCUT2D eigenvalue weighted by Gasteiger charge is 2.39. The summed E-state index contributed by atoms with van der Waals surface area (Å²) in [7, 11) is 0. The van der Waals surface area contributed by atoms with Gasteiger partial charge in [-0.05, 0) is 41.0 Å². The number of hydrogen-bond acceptors (Lipinski definition) is 3. The van der Waals surface area contributed by atoms with Crippen LogP contribution < -0.4 is 0 Å². The van der Waals surface area contributed by atoms with Gasteiger partial charge in [-0.2, -0.15) is 0 Å². The largest absolute Gasteiger partial charge is 0.459 e. The lowest BCUT2D eigenvalue weighted by atomic mass is 9.83. The Balaban J connectivity index is 4.73. The van der Waals surface area contributed by atoms with Crippen LogP contribution in [-0.4, -0.2) is 17.4 Å². The number of Topliss-reactive ketones (excluding diaryl/α,β-unsaturated/α-hetero) is 1. The van der Waals surface area contributed by atoms with E-state index < -0.39 is 17.0 Å². The van der Waals surface area contributed by atoms with Gasteiger partial charge in [-0.3, -0.25) is 9.59 Å². The molecule has 0 aromatic rings. The van der Waals surface area contributed by atoms with E-state index in [1.54, 1.807) is 27.7 Å². The van der Waals surface area contributed by atoms with Crippen molar-refractivity contribution >= 4 is 11.8 Å². The lowest BCUT2D eigenvalue weighted by molar-refractivity contribution is -0.169. The van der Waals surface area contributed by atoms with E-state index in [2.05, 4.69) is 0 Å². The zero-order valence-corrected chi connectivity index (χ0v) is 9.93. The summed E-state index contributed by atoms with van der Waals surface area (Å²) < 4.78 is 5.20. The van der Waals surface area contributed by atoms with Gasteiger partial charge in [0.1, 0.15) is 16.8 Å². The molecular formula is C11H20O3. The molecule has 0 aromatic carbocycles. The predicted molar refractivity (Wildman–Crippen MR) is 54.9 cm³/mol. The van der Waals surface area contributed by atoms with Gasteiger partial charge >= 0.3 is 5.97 Å². The molecular weight excluding hydrogens is 180 g/mol. The second kappa shape index (κ2) is 4.11. The van der Waals surface area contributed by atoms with Gasteiger partial charge in [0.15, 0.2) is 0 Å². The fraction of sp³-hybridized carbons (Fsp3) is 0.818. The first-order chi connectivity index (χ1) is 6.13. The Morgan fingerprint density at radius 2 is 1.57 bits per heavy atom. The predicted octanol–water partition coefficient (Wildman–Crippen LogP) is 2.33. The van der Waals surface area contributed by atoms with E-state index in [1.165, 1.54) is 6.92 Å². The molecule has 0 amide bonds. The van der Waals surface area contributed by atoms with Gasteiger partial charge in [0.2, 0.25) is 0 Å². The Morgan fingerprint density at radius 1 is 1.14 bits per heavy atom. The molecule has 0 bridgehead atoms. The van der Waals surface area contributed by atoms with Gasteiger partial charge < -0.3 is 4.74 Å². The number of hydrogen-bond donors (Lipinski definition) is 0. The SMILES string of the molecule is CCC(C)(C(C)=O)C(=O)OC(C)(C)C. The highest BCUT2D eigenvalue weighted by atomic mass is 16.6. The van der Waals surface area contributed by atoms with Crippen molar-refractivity contribution in [3.05, 3.63) is 0 Å². The Bertz CT molecular complexity index is 237. The molecule has 0 aromatic heterocycles. The molecule has 0 heterocycles. The van der Waals surface area contributed by atoms with Crippen LogP contribution in [-0.2, 0) is 14.3 Å². The molecule has 0 N–H and O–H groups in total. The molecule has 0 rings (SSSR count). The van der Waals surface area contributed by atoms with Gasteiger partial charge in [-0.15, -0.1) is 0 Å². The summed E-state index contributed by atoms with van der Waals surface area (Å²) in [5, 5.41) is 0. The maximum absolute atomic E-state index is 11.7. The quantitative estimate of drug-likeness (QED) is 0.518. The number of carbonyl (C=O) groups excluding carboxylic acids is 2. The van der Waals surface area contributed by atoms with E-state index in [0.29, 0.717) is 6.42 Å². The number of esters is 1. The summed E-state index contributed by atoms with van der Waals surface area (Å²) in [6, 6.07) is 0. The lowest BCUT2D eigenvalue weighted by Gasteiger charge is -2.28. The standard InChI is InChI=1S/C11H20O3/c1-7-11(6,8(2)12)9(13)14-10(3,4)5/h7H2,1-6H3. The summed E-state index contributed by atoms with van der Waals surface area (Å²) in [6.45, 7) is 10.2. The third kappa shape index (κ3) is 3.13. The van der Waals surface area contributed by atoms with Crippen LogP contribution in [0.25, 0.3) is 0 Å².